The first-order valence-electron chi connectivity index (χ1n) is 6.88. The summed E-state index contributed by atoms with van der Waals surface area (Å²) in [7, 11) is 0. The number of pyridine rings is 1. The third-order valence-corrected chi connectivity index (χ3v) is 4.42. The third-order valence-electron chi connectivity index (χ3n) is 3.57. The van der Waals surface area contributed by atoms with E-state index in [1.54, 1.807) is 6.20 Å². The number of hydrogen-bond donors (Lipinski definition) is 2. The predicted molar refractivity (Wildman–Crippen MR) is 88.6 cm³/mol. The molecule has 6 nitrogen and oxygen atoms in total. The molecule has 0 radical (unpaired) electrons. The van der Waals surface area contributed by atoms with Crippen LogP contribution in [0.15, 0.2) is 36.8 Å². The minimum Gasteiger partial charge on any atom is -0.375 e. The maximum atomic E-state index is 5.75. The number of fused-ring (bicyclic) bond motifs is 2. The molecule has 0 aliphatic heterocycles. The fourth-order valence-corrected chi connectivity index (χ4v) is 3.30. The number of nitrogens with zero attached hydrogens (tertiary/aromatic N) is 4. The molecule has 7 heteroatoms. The Bertz CT molecular complexity index is 971. The standard InChI is InChI=1S/C15H14N6S/c16-5-10-3-12-14(18-6-10)21(8-19-12)7-9-1-2-11-13(4-9)22-15(17)20-11/h1-4,6,8H,5,7,16H2,(H2,17,20). The summed E-state index contributed by atoms with van der Waals surface area (Å²) in [6, 6.07) is 8.15. The van der Waals surface area contributed by atoms with Gasteiger partial charge in [-0.2, -0.15) is 0 Å². The molecule has 0 bridgehead atoms. The monoisotopic (exact) mass is 310 g/mol. The number of nitrogens with two attached hydrogens (primary N) is 2. The van der Waals surface area contributed by atoms with E-state index in [9.17, 15) is 0 Å². The van der Waals surface area contributed by atoms with Crippen LogP contribution in [0.4, 0.5) is 5.13 Å². The molecule has 110 valence electrons. The van der Waals surface area contributed by atoms with Crippen LogP contribution in [-0.2, 0) is 13.1 Å². The molecule has 0 saturated heterocycles. The van der Waals surface area contributed by atoms with Gasteiger partial charge in [0.25, 0.3) is 0 Å². The minimum atomic E-state index is 0.471. The lowest BCUT2D eigenvalue weighted by atomic mass is 10.2. The molecule has 0 aliphatic carbocycles. The lowest BCUT2D eigenvalue weighted by molar-refractivity contribution is 0.815. The molecule has 0 atom stereocenters. The van der Waals surface area contributed by atoms with E-state index in [1.807, 2.05) is 23.0 Å². The summed E-state index contributed by atoms with van der Waals surface area (Å²) in [5.74, 6) is 0. The number of benzene rings is 1. The molecule has 0 aliphatic rings. The SMILES string of the molecule is NCc1cnc2c(c1)ncn2Cc1ccc2nc(N)sc2c1. The molecule has 0 amide bonds. The van der Waals surface area contributed by atoms with Gasteiger partial charge in [0.2, 0.25) is 0 Å². The van der Waals surface area contributed by atoms with Gasteiger partial charge in [0, 0.05) is 12.7 Å². The number of rotatable bonds is 3. The zero-order chi connectivity index (χ0) is 15.1. The first kappa shape index (κ1) is 13.2. The van der Waals surface area contributed by atoms with Gasteiger partial charge in [-0.3, -0.25) is 0 Å². The Morgan fingerprint density at radius 3 is 2.86 bits per heavy atom. The third kappa shape index (κ3) is 2.20. The first-order valence-corrected chi connectivity index (χ1v) is 7.69. The van der Waals surface area contributed by atoms with E-state index in [1.165, 1.54) is 16.9 Å². The zero-order valence-electron chi connectivity index (χ0n) is 11.7. The van der Waals surface area contributed by atoms with Crippen molar-refractivity contribution in [3.63, 3.8) is 0 Å². The molecule has 3 aromatic heterocycles. The highest BCUT2D eigenvalue weighted by Gasteiger charge is 2.07. The maximum Gasteiger partial charge on any atom is 0.181 e. The summed E-state index contributed by atoms with van der Waals surface area (Å²) < 4.78 is 3.12. The van der Waals surface area contributed by atoms with E-state index in [2.05, 4.69) is 27.1 Å². The van der Waals surface area contributed by atoms with Crippen molar-refractivity contribution in [2.24, 2.45) is 5.73 Å². The van der Waals surface area contributed by atoms with E-state index >= 15 is 0 Å². The number of nitrogen functional groups attached to an aromatic ring is 1. The fraction of sp³-hybridized carbons (Fsp3) is 0.133. The number of thiazole rings is 1. The van der Waals surface area contributed by atoms with Crippen LogP contribution in [-0.4, -0.2) is 19.5 Å². The smallest absolute Gasteiger partial charge is 0.181 e. The van der Waals surface area contributed by atoms with Crippen LogP contribution in [0.5, 0.6) is 0 Å². The summed E-state index contributed by atoms with van der Waals surface area (Å²) in [5.41, 5.74) is 16.2. The second kappa shape index (κ2) is 5.04. The van der Waals surface area contributed by atoms with Crippen LogP contribution in [0.3, 0.4) is 0 Å². The maximum absolute atomic E-state index is 5.75. The second-order valence-corrected chi connectivity index (χ2v) is 6.18. The Morgan fingerprint density at radius 1 is 1.09 bits per heavy atom. The van der Waals surface area contributed by atoms with Crippen molar-refractivity contribution in [2.75, 3.05) is 5.73 Å². The molecule has 0 unspecified atom stereocenters. The molecular formula is C15H14N6S. The van der Waals surface area contributed by atoms with Gasteiger partial charge >= 0.3 is 0 Å². The van der Waals surface area contributed by atoms with Crippen molar-refractivity contribution in [1.82, 2.24) is 19.5 Å². The largest absolute Gasteiger partial charge is 0.375 e. The van der Waals surface area contributed by atoms with E-state index in [0.29, 0.717) is 18.2 Å². The molecule has 1 aromatic carbocycles. The van der Waals surface area contributed by atoms with Gasteiger partial charge in [-0.15, -0.1) is 0 Å². The molecule has 3 heterocycles. The van der Waals surface area contributed by atoms with Crippen LogP contribution >= 0.6 is 11.3 Å². The van der Waals surface area contributed by atoms with Crippen LogP contribution in [0.2, 0.25) is 0 Å². The predicted octanol–water partition coefficient (Wildman–Crippen LogP) is 2.13. The molecule has 4 N–H and O–H groups in total. The quantitative estimate of drug-likeness (QED) is 0.604. The summed E-state index contributed by atoms with van der Waals surface area (Å²) in [5, 5.41) is 0.594. The van der Waals surface area contributed by atoms with Gasteiger partial charge in [0.05, 0.1) is 23.1 Å². The van der Waals surface area contributed by atoms with Gasteiger partial charge < -0.3 is 16.0 Å². The van der Waals surface area contributed by atoms with Crippen LogP contribution in [0.25, 0.3) is 21.4 Å². The summed E-state index contributed by atoms with van der Waals surface area (Å²) in [6.07, 6.45) is 3.61. The molecule has 0 fully saturated rings. The topological polar surface area (TPSA) is 95.6 Å². The van der Waals surface area contributed by atoms with Gasteiger partial charge in [-0.05, 0) is 29.3 Å². The van der Waals surface area contributed by atoms with Crippen molar-refractivity contribution >= 4 is 37.8 Å². The Balaban J connectivity index is 1.72. The van der Waals surface area contributed by atoms with E-state index < -0.39 is 0 Å². The molecular weight excluding hydrogens is 296 g/mol. The molecule has 0 saturated carbocycles. The fourth-order valence-electron chi connectivity index (χ4n) is 2.50. The van der Waals surface area contributed by atoms with E-state index in [0.717, 1.165) is 26.9 Å². The highest BCUT2D eigenvalue weighted by atomic mass is 32.1. The van der Waals surface area contributed by atoms with Gasteiger partial charge in [-0.25, -0.2) is 15.0 Å². The van der Waals surface area contributed by atoms with Crippen LogP contribution in [0, 0.1) is 0 Å². The lowest BCUT2D eigenvalue weighted by Crippen LogP contribution is -2.01. The van der Waals surface area contributed by atoms with Gasteiger partial charge in [-0.1, -0.05) is 17.4 Å². The molecule has 4 aromatic rings. The number of anilines is 1. The van der Waals surface area contributed by atoms with Crippen molar-refractivity contribution < 1.29 is 0 Å². The average molecular weight is 310 g/mol. The summed E-state index contributed by atoms with van der Waals surface area (Å²) in [4.78, 5) is 13.1. The second-order valence-electron chi connectivity index (χ2n) is 5.12. The molecule has 4 rings (SSSR count). The molecule has 22 heavy (non-hydrogen) atoms. The van der Waals surface area contributed by atoms with Crippen LogP contribution in [0.1, 0.15) is 11.1 Å². The molecule has 0 spiro atoms. The van der Waals surface area contributed by atoms with Crippen molar-refractivity contribution in [1.29, 1.82) is 0 Å². The van der Waals surface area contributed by atoms with E-state index in [-0.39, 0.29) is 0 Å². The normalized spacial score (nSPS) is 11.5. The van der Waals surface area contributed by atoms with Crippen LogP contribution < -0.4 is 11.5 Å². The highest BCUT2D eigenvalue weighted by molar-refractivity contribution is 7.22. The van der Waals surface area contributed by atoms with Crippen molar-refractivity contribution in [2.45, 2.75) is 13.1 Å². The Kier molecular flexibility index (Phi) is 3.02. The van der Waals surface area contributed by atoms with E-state index in [4.69, 9.17) is 11.5 Å². The Hall–Kier alpha value is -2.51. The number of imidazole rings is 1. The summed E-state index contributed by atoms with van der Waals surface area (Å²) >= 11 is 1.50. The number of hydrogen-bond acceptors (Lipinski definition) is 6. The van der Waals surface area contributed by atoms with Crippen molar-refractivity contribution in [3.8, 4) is 0 Å². The first-order chi connectivity index (χ1) is 10.7. The highest BCUT2D eigenvalue weighted by Crippen LogP contribution is 2.25. The van der Waals surface area contributed by atoms with Gasteiger partial charge in [0.1, 0.15) is 5.52 Å². The number of aromatic nitrogens is 4. The summed E-state index contributed by atoms with van der Waals surface area (Å²) in [6.45, 7) is 1.18. The van der Waals surface area contributed by atoms with Gasteiger partial charge in [0.15, 0.2) is 10.8 Å². The van der Waals surface area contributed by atoms with Crippen molar-refractivity contribution in [3.05, 3.63) is 47.9 Å². The average Bonchev–Trinajstić information content (AvgIpc) is 3.09. The Labute approximate surface area is 130 Å². The Morgan fingerprint density at radius 2 is 2.00 bits per heavy atom. The lowest BCUT2D eigenvalue weighted by Gasteiger charge is -2.04. The minimum absolute atomic E-state index is 0.471. The zero-order valence-corrected chi connectivity index (χ0v) is 12.5.